The zero-order chi connectivity index (χ0) is 12.6. The summed E-state index contributed by atoms with van der Waals surface area (Å²) in [5.74, 6) is -0.684. The summed E-state index contributed by atoms with van der Waals surface area (Å²) in [6.07, 6.45) is 0. The first kappa shape index (κ1) is 11.7. The number of aromatic carboxylic acids is 1. The minimum absolute atomic E-state index is 0.283. The van der Waals surface area contributed by atoms with Crippen molar-refractivity contribution in [2.24, 2.45) is 0 Å². The summed E-state index contributed by atoms with van der Waals surface area (Å²) in [4.78, 5) is 24.8. The van der Waals surface area contributed by atoms with Crippen LogP contribution < -0.4 is 10.3 Å². The summed E-state index contributed by atoms with van der Waals surface area (Å²) >= 11 is 3.29. The molecule has 0 fully saturated rings. The maximum absolute atomic E-state index is 11.5. The molecule has 0 spiro atoms. The lowest BCUT2D eigenvalue weighted by Crippen LogP contribution is -2.16. The molecule has 5 nitrogen and oxygen atoms in total. The molecule has 6 heteroatoms. The van der Waals surface area contributed by atoms with Gasteiger partial charge in [0.1, 0.15) is 11.3 Å². The number of hydrogen-bond donors (Lipinski definition) is 2. The molecule has 0 unspecified atom stereocenters. The number of aromatic amines is 1. The Labute approximate surface area is 104 Å². The Bertz CT molecular complexity index is 662. The highest BCUT2D eigenvalue weighted by Gasteiger charge is 2.11. The van der Waals surface area contributed by atoms with E-state index in [0.29, 0.717) is 21.1 Å². The molecule has 2 rings (SSSR count). The largest absolute Gasteiger partial charge is 0.495 e. The van der Waals surface area contributed by atoms with Crippen LogP contribution in [0, 0.1) is 0 Å². The Kier molecular flexibility index (Phi) is 2.89. The molecule has 17 heavy (non-hydrogen) atoms. The molecule has 1 aromatic carbocycles. The van der Waals surface area contributed by atoms with Crippen LogP contribution in [-0.2, 0) is 0 Å². The number of halogens is 1. The Morgan fingerprint density at radius 2 is 2.12 bits per heavy atom. The van der Waals surface area contributed by atoms with E-state index in [4.69, 9.17) is 9.84 Å². The lowest BCUT2D eigenvalue weighted by Gasteiger charge is -2.06. The number of carbonyl (C=O) groups is 1. The van der Waals surface area contributed by atoms with Gasteiger partial charge in [-0.1, -0.05) is 0 Å². The highest BCUT2D eigenvalue weighted by molar-refractivity contribution is 9.10. The molecule has 1 aromatic heterocycles. The predicted octanol–water partition coefficient (Wildman–Crippen LogP) is 2.00. The number of pyridine rings is 1. The third kappa shape index (κ3) is 2.03. The summed E-state index contributed by atoms with van der Waals surface area (Å²) in [7, 11) is 1.51. The van der Waals surface area contributed by atoms with E-state index in [1.165, 1.54) is 13.2 Å². The van der Waals surface area contributed by atoms with Crippen molar-refractivity contribution in [3.63, 3.8) is 0 Å². The molecule has 2 N–H and O–H groups in total. The highest BCUT2D eigenvalue weighted by atomic mass is 79.9. The van der Waals surface area contributed by atoms with Crippen molar-refractivity contribution in [2.75, 3.05) is 7.11 Å². The fourth-order valence-corrected chi connectivity index (χ4v) is 2.05. The van der Waals surface area contributed by atoms with Gasteiger partial charge in [-0.25, -0.2) is 4.79 Å². The van der Waals surface area contributed by atoms with Gasteiger partial charge in [-0.3, -0.25) is 4.79 Å². The van der Waals surface area contributed by atoms with E-state index < -0.39 is 11.5 Å². The second-order valence-corrected chi connectivity index (χ2v) is 4.25. The van der Waals surface area contributed by atoms with Crippen LogP contribution in [0.25, 0.3) is 10.9 Å². The lowest BCUT2D eigenvalue weighted by atomic mass is 10.1. The number of ether oxygens (including phenoxy) is 1. The van der Waals surface area contributed by atoms with E-state index in [2.05, 4.69) is 20.9 Å². The molecule has 0 amide bonds. The van der Waals surface area contributed by atoms with Crippen molar-refractivity contribution in [2.45, 2.75) is 0 Å². The van der Waals surface area contributed by atoms with Crippen molar-refractivity contribution in [1.82, 2.24) is 4.98 Å². The van der Waals surface area contributed by atoms with Crippen molar-refractivity contribution in [1.29, 1.82) is 0 Å². The van der Waals surface area contributed by atoms with E-state index in [1.54, 1.807) is 12.1 Å². The van der Waals surface area contributed by atoms with Gasteiger partial charge in [0.15, 0.2) is 0 Å². The third-order valence-electron chi connectivity index (χ3n) is 2.35. The van der Waals surface area contributed by atoms with Crippen molar-refractivity contribution >= 4 is 32.8 Å². The average Bonchev–Trinajstić information content (AvgIpc) is 2.27. The Morgan fingerprint density at radius 3 is 2.71 bits per heavy atom. The van der Waals surface area contributed by atoms with Crippen LogP contribution in [0.3, 0.4) is 0 Å². The normalized spacial score (nSPS) is 10.5. The molecule has 0 saturated carbocycles. The van der Waals surface area contributed by atoms with Gasteiger partial charge in [0.2, 0.25) is 0 Å². The van der Waals surface area contributed by atoms with E-state index in [1.807, 2.05) is 0 Å². The number of methoxy groups -OCH3 is 1. The summed E-state index contributed by atoms with van der Waals surface area (Å²) in [5, 5.41) is 9.46. The topological polar surface area (TPSA) is 79.4 Å². The minimum atomic E-state index is -1.25. The maximum atomic E-state index is 11.5. The fourth-order valence-electron chi connectivity index (χ4n) is 1.52. The van der Waals surface area contributed by atoms with E-state index in [-0.39, 0.29) is 5.56 Å². The van der Waals surface area contributed by atoms with Gasteiger partial charge in [0.25, 0.3) is 5.56 Å². The molecule has 1 heterocycles. The molecule has 0 saturated heterocycles. The monoisotopic (exact) mass is 297 g/mol. The Morgan fingerprint density at radius 1 is 1.41 bits per heavy atom. The van der Waals surface area contributed by atoms with Gasteiger partial charge in [-0.2, -0.15) is 0 Å². The predicted molar refractivity (Wildman–Crippen MR) is 65.8 cm³/mol. The first-order valence-corrected chi connectivity index (χ1v) is 5.46. The number of aromatic nitrogens is 1. The number of fused-ring (bicyclic) bond motifs is 1. The number of nitrogens with one attached hydrogen (secondary N) is 1. The second-order valence-electron chi connectivity index (χ2n) is 3.39. The molecule has 2 aromatic rings. The number of benzene rings is 1. The standard InChI is InChI=1S/C11H8BrNO4/c1-17-9-4-8-5(3-7(9)12)2-6(11(15)16)10(14)13-8/h2-4H,1H3,(H,13,14)(H,15,16). The van der Waals surface area contributed by atoms with Gasteiger partial charge >= 0.3 is 5.97 Å². The molecule has 0 aliphatic rings. The Hall–Kier alpha value is -1.82. The maximum Gasteiger partial charge on any atom is 0.341 e. The zero-order valence-electron chi connectivity index (χ0n) is 8.78. The number of carboxylic acid groups (broad SMARTS) is 1. The lowest BCUT2D eigenvalue weighted by molar-refractivity contribution is 0.0695. The molecule has 88 valence electrons. The summed E-state index contributed by atoms with van der Waals surface area (Å²) < 4.78 is 5.78. The SMILES string of the molecule is COc1cc2[nH]c(=O)c(C(=O)O)cc2cc1Br. The second kappa shape index (κ2) is 4.21. The van der Waals surface area contributed by atoms with E-state index in [0.717, 1.165) is 0 Å². The average molecular weight is 298 g/mol. The fraction of sp³-hybridized carbons (Fsp3) is 0.0909. The molecule has 0 atom stereocenters. The third-order valence-corrected chi connectivity index (χ3v) is 2.97. The number of carboxylic acids is 1. The van der Waals surface area contributed by atoms with E-state index >= 15 is 0 Å². The summed E-state index contributed by atoms with van der Waals surface area (Å²) in [6, 6.07) is 4.66. The van der Waals surface area contributed by atoms with Crippen LogP contribution >= 0.6 is 15.9 Å². The van der Waals surface area contributed by atoms with Gasteiger partial charge < -0.3 is 14.8 Å². The molecule has 0 aliphatic carbocycles. The van der Waals surface area contributed by atoms with Crippen LogP contribution in [0.1, 0.15) is 10.4 Å². The minimum Gasteiger partial charge on any atom is -0.495 e. The number of H-pyrrole nitrogens is 1. The molecular formula is C11H8BrNO4. The van der Waals surface area contributed by atoms with Crippen LogP contribution in [0.5, 0.6) is 5.75 Å². The van der Waals surface area contributed by atoms with Crippen molar-refractivity contribution < 1.29 is 14.6 Å². The molecular weight excluding hydrogens is 290 g/mol. The summed E-state index contributed by atoms with van der Waals surface area (Å²) in [6.45, 7) is 0. The van der Waals surface area contributed by atoms with Crippen LogP contribution in [-0.4, -0.2) is 23.2 Å². The van der Waals surface area contributed by atoms with Gasteiger partial charge in [0.05, 0.1) is 17.1 Å². The molecule has 0 radical (unpaired) electrons. The van der Waals surface area contributed by atoms with Gasteiger partial charge in [0, 0.05) is 11.5 Å². The quantitative estimate of drug-likeness (QED) is 0.888. The first-order chi connectivity index (χ1) is 8.02. The van der Waals surface area contributed by atoms with Crippen LogP contribution in [0.15, 0.2) is 27.5 Å². The zero-order valence-corrected chi connectivity index (χ0v) is 10.4. The first-order valence-electron chi connectivity index (χ1n) is 4.67. The molecule has 0 aliphatic heterocycles. The highest BCUT2D eigenvalue weighted by Crippen LogP contribution is 2.29. The van der Waals surface area contributed by atoms with Crippen LogP contribution in [0.4, 0.5) is 0 Å². The number of rotatable bonds is 2. The van der Waals surface area contributed by atoms with Gasteiger partial charge in [-0.05, 0) is 28.1 Å². The van der Waals surface area contributed by atoms with E-state index in [9.17, 15) is 9.59 Å². The smallest absolute Gasteiger partial charge is 0.341 e. The number of hydrogen-bond acceptors (Lipinski definition) is 3. The Balaban J connectivity index is 2.79. The van der Waals surface area contributed by atoms with Crippen molar-refractivity contribution in [3.05, 3.63) is 38.6 Å². The molecule has 0 bridgehead atoms. The van der Waals surface area contributed by atoms with Crippen molar-refractivity contribution in [3.8, 4) is 5.75 Å². The van der Waals surface area contributed by atoms with Crippen LogP contribution in [0.2, 0.25) is 0 Å². The summed E-state index contributed by atoms with van der Waals surface area (Å²) in [5.41, 5.74) is -0.385. The van der Waals surface area contributed by atoms with Gasteiger partial charge in [-0.15, -0.1) is 0 Å².